The molecule has 4 nitrogen and oxygen atoms in total. The molecule has 0 bridgehead atoms. The zero-order valence-electron chi connectivity index (χ0n) is 10.0. The van der Waals surface area contributed by atoms with Gasteiger partial charge in [0.25, 0.3) is 0 Å². The van der Waals surface area contributed by atoms with Gasteiger partial charge in [0.2, 0.25) is 0 Å². The predicted molar refractivity (Wildman–Crippen MR) is 67.8 cm³/mol. The van der Waals surface area contributed by atoms with Gasteiger partial charge in [0.15, 0.2) is 9.84 Å². The average molecular weight is 254 g/mol. The Morgan fingerprint density at radius 2 is 2.24 bits per heavy atom. The number of rotatable bonds is 5. The highest BCUT2D eigenvalue weighted by atomic mass is 32.2. The smallest absolute Gasteiger partial charge is 0.179 e. The highest BCUT2D eigenvalue weighted by molar-refractivity contribution is 7.90. The third-order valence-corrected chi connectivity index (χ3v) is 4.37. The molecule has 17 heavy (non-hydrogen) atoms. The molecule has 1 aliphatic rings. The van der Waals surface area contributed by atoms with Gasteiger partial charge in [-0.25, -0.2) is 13.4 Å². The van der Waals surface area contributed by atoms with E-state index in [0.29, 0.717) is 5.82 Å². The van der Waals surface area contributed by atoms with E-state index in [9.17, 15) is 8.42 Å². The summed E-state index contributed by atoms with van der Waals surface area (Å²) >= 11 is 0. The molecule has 1 fully saturated rings. The first-order chi connectivity index (χ1) is 8.07. The Balaban J connectivity index is 1.99. The Kier molecular flexibility index (Phi) is 3.66. The first kappa shape index (κ1) is 12.4. The maximum absolute atomic E-state index is 11.5. The summed E-state index contributed by atoms with van der Waals surface area (Å²) in [6.45, 7) is 0.796. The average Bonchev–Trinajstić information content (AvgIpc) is 2.21. The van der Waals surface area contributed by atoms with E-state index < -0.39 is 9.84 Å². The lowest BCUT2D eigenvalue weighted by Crippen LogP contribution is -2.17. The van der Waals surface area contributed by atoms with Crippen LogP contribution in [-0.2, 0) is 9.84 Å². The minimum absolute atomic E-state index is 0.286. The van der Waals surface area contributed by atoms with E-state index >= 15 is 0 Å². The van der Waals surface area contributed by atoms with Crippen LogP contribution in [0.5, 0.6) is 0 Å². The van der Waals surface area contributed by atoms with E-state index in [1.807, 2.05) is 0 Å². The second-order valence-corrected chi connectivity index (χ2v) is 6.62. The zero-order chi connectivity index (χ0) is 12.3. The van der Waals surface area contributed by atoms with Crippen LogP contribution in [0.1, 0.15) is 25.7 Å². The van der Waals surface area contributed by atoms with Crippen LogP contribution < -0.4 is 5.32 Å². The van der Waals surface area contributed by atoms with Crippen molar-refractivity contribution >= 4 is 15.7 Å². The summed E-state index contributed by atoms with van der Waals surface area (Å²) in [4.78, 5) is 4.38. The molecule has 1 aliphatic carbocycles. The molecule has 1 heterocycles. The predicted octanol–water partition coefficient (Wildman–Crippen LogP) is 2.09. The molecule has 0 unspecified atom stereocenters. The lowest BCUT2D eigenvalue weighted by Gasteiger charge is -2.25. The summed E-state index contributed by atoms with van der Waals surface area (Å²) in [5.41, 5.74) is 0. The Bertz CT molecular complexity index is 481. The van der Waals surface area contributed by atoms with Crippen LogP contribution >= 0.6 is 0 Å². The number of aromatic nitrogens is 1. The molecular weight excluding hydrogens is 236 g/mol. The molecule has 94 valence electrons. The van der Waals surface area contributed by atoms with E-state index in [4.69, 9.17) is 0 Å². The Labute approximate surface area is 102 Å². The lowest BCUT2D eigenvalue weighted by molar-refractivity contribution is 0.303. The van der Waals surface area contributed by atoms with Gasteiger partial charge in [-0.15, -0.1) is 0 Å². The molecule has 0 aliphatic heterocycles. The molecule has 0 atom stereocenters. The summed E-state index contributed by atoms with van der Waals surface area (Å²) in [7, 11) is -3.20. The van der Waals surface area contributed by atoms with E-state index in [0.717, 1.165) is 18.9 Å². The maximum atomic E-state index is 11.5. The second-order valence-electron chi connectivity index (χ2n) is 4.63. The SMILES string of the molecule is CS(=O)(=O)c1cccnc1NCCC1CCC1. The van der Waals surface area contributed by atoms with Gasteiger partial charge in [-0.05, 0) is 24.5 Å². The second kappa shape index (κ2) is 5.04. The van der Waals surface area contributed by atoms with Gasteiger partial charge in [0.1, 0.15) is 10.7 Å². The van der Waals surface area contributed by atoms with Gasteiger partial charge in [-0.2, -0.15) is 0 Å². The normalized spacial score (nSPS) is 16.5. The van der Waals surface area contributed by atoms with Gasteiger partial charge < -0.3 is 5.32 Å². The molecule has 0 amide bonds. The van der Waals surface area contributed by atoms with E-state index in [1.54, 1.807) is 18.3 Å². The summed E-state index contributed by atoms with van der Waals surface area (Å²) in [5, 5.41) is 3.13. The van der Waals surface area contributed by atoms with Crippen LogP contribution in [-0.4, -0.2) is 26.2 Å². The van der Waals surface area contributed by atoms with E-state index in [2.05, 4.69) is 10.3 Å². The quantitative estimate of drug-likeness (QED) is 0.874. The van der Waals surface area contributed by atoms with Crippen molar-refractivity contribution in [3.8, 4) is 0 Å². The molecule has 2 rings (SSSR count). The van der Waals surface area contributed by atoms with Gasteiger partial charge in [0.05, 0.1) is 0 Å². The van der Waals surface area contributed by atoms with Crippen LogP contribution in [0, 0.1) is 5.92 Å². The monoisotopic (exact) mass is 254 g/mol. The number of hydrogen-bond donors (Lipinski definition) is 1. The fourth-order valence-corrected chi connectivity index (χ4v) is 2.80. The summed E-state index contributed by atoms with van der Waals surface area (Å²) in [6, 6.07) is 3.24. The van der Waals surface area contributed by atoms with E-state index in [1.165, 1.54) is 25.5 Å². The van der Waals surface area contributed by atoms with Crippen molar-refractivity contribution in [2.45, 2.75) is 30.6 Å². The van der Waals surface area contributed by atoms with Gasteiger partial charge in [-0.1, -0.05) is 19.3 Å². The molecule has 0 aromatic carbocycles. The van der Waals surface area contributed by atoms with Gasteiger partial charge in [0, 0.05) is 19.0 Å². The van der Waals surface area contributed by atoms with Gasteiger partial charge >= 0.3 is 0 Å². The highest BCUT2D eigenvalue weighted by Crippen LogP contribution is 2.29. The molecule has 0 spiro atoms. The van der Waals surface area contributed by atoms with Crippen molar-refractivity contribution in [1.29, 1.82) is 0 Å². The number of hydrogen-bond acceptors (Lipinski definition) is 4. The topological polar surface area (TPSA) is 59.1 Å². The molecule has 0 saturated heterocycles. The first-order valence-electron chi connectivity index (χ1n) is 5.96. The molecular formula is C12H18N2O2S. The third kappa shape index (κ3) is 3.19. The lowest BCUT2D eigenvalue weighted by atomic mass is 9.83. The maximum Gasteiger partial charge on any atom is 0.179 e. The molecule has 1 aromatic rings. The summed E-state index contributed by atoms with van der Waals surface area (Å²) in [5.74, 6) is 1.29. The molecule has 1 aromatic heterocycles. The van der Waals surface area contributed by atoms with Crippen molar-refractivity contribution < 1.29 is 8.42 Å². The van der Waals surface area contributed by atoms with Crippen molar-refractivity contribution in [3.63, 3.8) is 0 Å². The minimum atomic E-state index is -3.20. The van der Waals surface area contributed by atoms with Crippen molar-refractivity contribution in [1.82, 2.24) is 4.98 Å². The standard InChI is InChI=1S/C12H18N2O2S/c1-17(15,16)11-6-3-8-13-12(11)14-9-7-10-4-2-5-10/h3,6,8,10H,2,4-5,7,9H2,1H3,(H,13,14). The van der Waals surface area contributed by atoms with Crippen LogP contribution in [0.3, 0.4) is 0 Å². The summed E-state index contributed by atoms with van der Waals surface area (Å²) < 4.78 is 23.1. The Hall–Kier alpha value is -1.10. The molecule has 0 radical (unpaired) electrons. The number of pyridine rings is 1. The van der Waals surface area contributed by atoms with Crippen molar-refractivity contribution in [2.24, 2.45) is 5.92 Å². The molecule has 1 N–H and O–H groups in total. The van der Waals surface area contributed by atoms with E-state index in [-0.39, 0.29) is 4.90 Å². The number of nitrogens with zero attached hydrogens (tertiary/aromatic N) is 1. The number of anilines is 1. The minimum Gasteiger partial charge on any atom is -0.369 e. The largest absolute Gasteiger partial charge is 0.369 e. The van der Waals surface area contributed by atoms with Crippen LogP contribution in [0.4, 0.5) is 5.82 Å². The van der Waals surface area contributed by atoms with Crippen LogP contribution in [0.15, 0.2) is 23.2 Å². The third-order valence-electron chi connectivity index (χ3n) is 3.24. The van der Waals surface area contributed by atoms with Crippen LogP contribution in [0.25, 0.3) is 0 Å². The van der Waals surface area contributed by atoms with Gasteiger partial charge in [-0.3, -0.25) is 0 Å². The zero-order valence-corrected chi connectivity index (χ0v) is 10.8. The van der Waals surface area contributed by atoms with Crippen LogP contribution in [0.2, 0.25) is 0 Å². The first-order valence-corrected chi connectivity index (χ1v) is 7.85. The molecule has 5 heteroatoms. The van der Waals surface area contributed by atoms with Crippen molar-refractivity contribution in [3.05, 3.63) is 18.3 Å². The fourth-order valence-electron chi connectivity index (χ4n) is 2.00. The number of nitrogens with one attached hydrogen (secondary N) is 1. The van der Waals surface area contributed by atoms with Crippen molar-refractivity contribution in [2.75, 3.05) is 18.1 Å². The molecule has 1 saturated carbocycles. The Morgan fingerprint density at radius 1 is 1.47 bits per heavy atom. The Morgan fingerprint density at radius 3 is 2.82 bits per heavy atom. The fraction of sp³-hybridized carbons (Fsp3) is 0.583. The highest BCUT2D eigenvalue weighted by Gasteiger charge is 2.18. The number of sulfone groups is 1. The summed E-state index contributed by atoms with van der Waals surface area (Å²) in [6.07, 6.45) is 7.87.